The van der Waals surface area contributed by atoms with Gasteiger partial charge in [-0.05, 0) is 64.5 Å². The third kappa shape index (κ3) is 5.34. The second-order valence-corrected chi connectivity index (χ2v) is 6.84. The van der Waals surface area contributed by atoms with Gasteiger partial charge in [0, 0.05) is 22.8 Å². The van der Waals surface area contributed by atoms with Crippen LogP contribution in [0.15, 0.2) is 77.3 Å². The van der Waals surface area contributed by atoms with Gasteiger partial charge in [-0.2, -0.15) is 0 Å². The molecule has 0 aliphatic carbocycles. The largest absolute Gasteiger partial charge is 0.354 e. The zero-order chi connectivity index (χ0) is 19.9. The minimum atomic E-state index is -0.345. The highest BCUT2D eigenvalue weighted by Crippen LogP contribution is 2.27. The number of carbonyl (C=O) groups is 2. The molecule has 4 N–H and O–H groups in total. The first kappa shape index (κ1) is 19.4. The van der Waals surface area contributed by atoms with E-state index in [-0.39, 0.29) is 11.9 Å². The number of hydrogen-bond donors (Lipinski definition) is 4. The lowest BCUT2D eigenvalue weighted by molar-refractivity contribution is -0.114. The maximum atomic E-state index is 12.4. The molecule has 0 aliphatic heterocycles. The molecule has 0 fully saturated rings. The average molecular weight is 439 g/mol. The van der Waals surface area contributed by atoms with Gasteiger partial charge in [0.15, 0.2) is 0 Å². The molecule has 28 heavy (non-hydrogen) atoms. The van der Waals surface area contributed by atoms with Gasteiger partial charge in [0.25, 0.3) is 0 Å². The first-order chi connectivity index (χ1) is 13.5. The van der Waals surface area contributed by atoms with E-state index >= 15 is 0 Å². The molecule has 0 aromatic heterocycles. The van der Waals surface area contributed by atoms with Crippen molar-refractivity contribution in [2.24, 2.45) is 0 Å². The van der Waals surface area contributed by atoms with Gasteiger partial charge in [-0.15, -0.1) is 0 Å². The second kappa shape index (κ2) is 9.05. The maximum absolute atomic E-state index is 12.4. The number of halogens is 1. The number of para-hydroxylation sites is 3. The van der Waals surface area contributed by atoms with E-state index in [0.717, 1.165) is 21.5 Å². The Morgan fingerprint density at radius 1 is 0.679 bits per heavy atom. The van der Waals surface area contributed by atoms with Crippen molar-refractivity contribution in [3.8, 4) is 0 Å². The fraction of sp³-hybridized carbons (Fsp3) is 0.0476. The minimum absolute atomic E-state index is 0.119. The van der Waals surface area contributed by atoms with Gasteiger partial charge >= 0.3 is 6.03 Å². The number of nitrogens with one attached hydrogen (secondary N) is 4. The molecule has 0 saturated carbocycles. The molecule has 142 valence electrons. The SMILES string of the molecule is CC(=O)Nc1ccc(Nc2ccccc2NC(=O)Nc2ccccc2Br)cc1. The van der Waals surface area contributed by atoms with Gasteiger partial charge < -0.3 is 21.3 Å². The summed E-state index contributed by atoms with van der Waals surface area (Å²) >= 11 is 3.41. The van der Waals surface area contributed by atoms with Gasteiger partial charge in [-0.3, -0.25) is 4.79 Å². The number of rotatable bonds is 5. The van der Waals surface area contributed by atoms with Crippen molar-refractivity contribution >= 4 is 56.3 Å². The number of hydrogen-bond acceptors (Lipinski definition) is 3. The number of carbonyl (C=O) groups excluding carboxylic acids is 2. The van der Waals surface area contributed by atoms with E-state index in [4.69, 9.17) is 0 Å². The van der Waals surface area contributed by atoms with Crippen molar-refractivity contribution in [1.29, 1.82) is 0 Å². The van der Waals surface area contributed by atoms with Crippen LogP contribution in [-0.4, -0.2) is 11.9 Å². The molecule has 6 nitrogen and oxygen atoms in total. The summed E-state index contributed by atoms with van der Waals surface area (Å²) in [5.41, 5.74) is 3.61. The van der Waals surface area contributed by atoms with Gasteiger partial charge in [-0.25, -0.2) is 4.79 Å². The molecule has 0 heterocycles. The van der Waals surface area contributed by atoms with Gasteiger partial charge in [0.1, 0.15) is 0 Å². The van der Waals surface area contributed by atoms with Crippen LogP contribution in [0.2, 0.25) is 0 Å². The van der Waals surface area contributed by atoms with Crippen LogP contribution in [-0.2, 0) is 4.79 Å². The van der Waals surface area contributed by atoms with Crippen LogP contribution in [0.1, 0.15) is 6.92 Å². The molecule has 0 unspecified atom stereocenters. The van der Waals surface area contributed by atoms with Crippen LogP contribution >= 0.6 is 15.9 Å². The third-order valence-electron chi connectivity index (χ3n) is 3.78. The van der Waals surface area contributed by atoms with Crippen molar-refractivity contribution in [3.05, 3.63) is 77.3 Å². The lowest BCUT2D eigenvalue weighted by Crippen LogP contribution is -2.20. The molecule has 3 aromatic carbocycles. The fourth-order valence-electron chi connectivity index (χ4n) is 2.54. The van der Waals surface area contributed by atoms with Crippen LogP contribution in [0.4, 0.5) is 33.2 Å². The van der Waals surface area contributed by atoms with E-state index < -0.39 is 0 Å². The Hall–Kier alpha value is -3.32. The molecule has 3 aromatic rings. The lowest BCUT2D eigenvalue weighted by atomic mass is 10.2. The highest BCUT2D eigenvalue weighted by molar-refractivity contribution is 9.10. The molecule has 7 heteroatoms. The first-order valence-electron chi connectivity index (χ1n) is 8.57. The smallest absolute Gasteiger partial charge is 0.323 e. The summed E-state index contributed by atoms with van der Waals surface area (Å²) in [7, 11) is 0. The molecule has 0 spiro atoms. The van der Waals surface area contributed by atoms with E-state index in [9.17, 15) is 9.59 Å². The zero-order valence-corrected chi connectivity index (χ0v) is 16.7. The summed E-state index contributed by atoms with van der Waals surface area (Å²) in [6.07, 6.45) is 0. The molecule has 0 aliphatic rings. The highest BCUT2D eigenvalue weighted by atomic mass is 79.9. The van der Waals surface area contributed by atoms with Crippen molar-refractivity contribution in [1.82, 2.24) is 0 Å². The molecule has 0 bridgehead atoms. The Morgan fingerprint density at radius 3 is 1.86 bits per heavy atom. The number of anilines is 5. The summed E-state index contributed by atoms with van der Waals surface area (Å²) in [5.74, 6) is -0.119. The molecular formula is C21H19BrN4O2. The molecular weight excluding hydrogens is 420 g/mol. The molecule has 0 atom stereocenters. The second-order valence-electron chi connectivity index (χ2n) is 5.99. The Morgan fingerprint density at radius 2 is 1.21 bits per heavy atom. The predicted octanol–water partition coefficient (Wildman–Crippen LogP) is 5.80. The van der Waals surface area contributed by atoms with Crippen LogP contribution in [0.25, 0.3) is 0 Å². The normalized spacial score (nSPS) is 10.1. The van der Waals surface area contributed by atoms with Crippen LogP contribution in [0, 0.1) is 0 Å². The first-order valence-corrected chi connectivity index (χ1v) is 9.37. The van der Waals surface area contributed by atoms with E-state index in [1.54, 1.807) is 12.1 Å². The van der Waals surface area contributed by atoms with Crippen molar-refractivity contribution in [3.63, 3.8) is 0 Å². The Balaban J connectivity index is 1.70. The highest BCUT2D eigenvalue weighted by Gasteiger charge is 2.08. The quantitative estimate of drug-likeness (QED) is 0.406. The summed E-state index contributed by atoms with van der Waals surface area (Å²) in [6, 6.07) is 21.8. The fourth-order valence-corrected chi connectivity index (χ4v) is 2.92. The van der Waals surface area contributed by atoms with E-state index in [1.807, 2.05) is 60.7 Å². The van der Waals surface area contributed by atoms with Crippen LogP contribution < -0.4 is 21.3 Å². The number of amides is 3. The van der Waals surface area contributed by atoms with E-state index in [2.05, 4.69) is 37.2 Å². The van der Waals surface area contributed by atoms with Crippen molar-refractivity contribution in [2.75, 3.05) is 21.3 Å². The minimum Gasteiger partial charge on any atom is -0.354 e. The Kier molecular flexibility index (Phi) is 6.29. The average Bonchev–Trinajstić information content (AvgIpc) is 2.66. The summed E-state index contributed by atoms with van der Waals surface area (Å²) in [5, 5.41) is 11.7. The monoisotopic (exact) mass is 438 g/mol. The molecule has 0 saturated heterocycles. The topological polar surface area (TPSA) is 82.3 Å². The van der Waals surface area contributed by atoms with Gasteiger partial charge in [0.05, 0.1) is 17.1 Å². The maximum Gasteiger partial charge on any atom is 0.323 e. The standard InChI is InChI=1S/C21H19BrN4O2/c1-14(27)23-15-10-12-16(13-11-15)24-19-8-4-5-9-20(19)26-21(28)25-18-7-3-2-6-17(18)22/h2-13,24H,1H3,(H,23,27)(H2,25,26,28). The van der Waals surface area contributed by atoms with Crippen LogP contribution in [0.3, 0.4) is 0 Å². The van der Waals surface area contributed by atoms with Gasteiger partial charge in [0.2, 0.25) is 5.91 Å². The van der Waals surface area contributed by atoms with Gasteiger partial charge in [-0.1, -0.05) is 24.3 Å². The number of urea groups is 1. The third-order valence-corrected chi connectivity index (χ3v) is 4.47. The predicted molar refractivity (Wildman–Crippen MR) is 117 cm³/mol. The Bertz CT molecular complexity index is 990. The zero-order valence-electron chi connectivity index (χ0n) is 15.1. The summed E-state index contributed by atoms with van der Waals surface area (Å²) in [4.78, 5) is 23.5. The van der Waals surface area contributed by atoms with Crippen molar-refractivity contribution < 1.29 is 9.59 Å². The lowest BCUT2D eigenvalue weighted by Gasteiger charge is -2.14. The molecule has 0 radical (unpaired) electrons. The summed E-state index contributed by atoms with van der Waals surface area (Å²) < 4.78 is 0.802. The molecule has 3 amide bonds. The van der Waals surface area contributed by atoms with E-state index in [1.165, 1.54) is 6.92 Å². The Labute approximate surface area is 171 Å². The van der Waals surface area contributed by atoms with Crippen LogP contribution in [0.5, 0.6) is 0 Å². The van der Waals surface area contributed by atoms with Crippen molar-refractivity contribution in [2.45, 2.75) is 6.92 Å². The summed E-state index contributed by atoms with van der Waals surface area (Å²) in [6.45, 7) is 1.47. The number of benzene rings is 3. The van der Waals surface area contributed by atoms with E-state index in [0.29, 0.717) is 11.4 Å². The molecule has 3 rings (SSSR count).